The molecule has 10 heteroatoms. The first-order chi connectivity index (χ1) is 20.7. The first kappa shape index (κ1) is 36.7. The van der Waals surface area contributed by atoms with Crippen molar-refractivity contribution in [1.82, 2.24) is 9.34 Å². The number of aryl methyl sites for hydroxylation is 1. The molecule has 0 bridgehead atoms. The summed E-state index contributed by atoms with van der Waals surface area (Å²) in [5.74, 6) is 0.625. The fraction of sp³-hybridized carbons (Fsp3) is 0.333. The lowest BCUT2D eigenvalue weighted by molar-refractivity contribution is -0.129. The second kappa shape index (κ2) is 19.7. The number of nitrogens with zero attached hydrogens (tertiary/aromatic N) is 3. The van der Waals surface area contributed by atoms with Crippen LogP contribution in [-0.4, -0.2) is 53.4 Å². The molecule has 3 aromatic rings. The number of carbonyl (C=O) groups is 3. The summed E-state index contributed by atoms with van der Waals surface area (Å²) >= 11 is 0. The van der Waals surface area contributed by atoms with Gasteiger partial charge in [-0.15, -0.1) is 0 Å². The number of nitriles is 1. The van der Waals surface area contributed by atoms with Crippen LogP contribution in [0.5, 0.6) is 0 Å². The van der Waals surface area contributed by atoms with E-state index in [-0.39, 0.29) is 11.7 Å². The van der Waals surface area contributed by atoms with Gasteiger partial charge in [0.05, 0.1) is 11.6 Å². The summed E-state index contributed by atoms with van der Waals surface area (Å²) in [6, 6.07) is 30.5. The maximum absolute atomic E-state index is 12.5. The number of carbonyl (C=O) groups excluding carboxylic acids is 3. The predicted octanol–water partition coefficient (Wildman–Crippen LogP) is 8.15. The summed E-state index contributed by atoms with van der Waals surface area (Å²) in [5, 5.41) is 8.29. The number of hydrogen-bond donors (Lipinski definition) is 0. The van der Waals surface area contributed by atoms with Crippen molar-refractivity contribution in [3.05, 3.63) is 108 Å². The van der Waals surface area contributed by atoms with E-state index in [1.165, 1.54) is 5.56 Å². The van der Waals surface area contributed by atoms with Crippen LogP contribution in [0, 0.1) is 29.6 Å². The van der Waals surface area contributed by atoms with Crippen LogP contribution in [0.4, 0.5) is 0 Å². The molecule has 5 rings (SSSR count). The van der Waals surface area contributed by atoms with Crippen LogP contribution in [0.25, 0.3) is 0 Å². The number of Topliss-reactive ketones (excluding diaryl/α,β-unsaturated/α-hetero) is 1. The van der Waals surface area contributed by atoms with E-state index in [9.17, 15) is 14.4 Å². The fourth-order valence-corrected chi connectivity index (χ4v) is 8.93. The molecular weight excluding hydrogens is 610 g/mol. The standard InChI is InChI=1S/C13H17NO2P2.C7H5N.C7H8.C6H13NOP2/c1-13(8-9-14(12(13)16)18-17-2)11(15)10-6-4-3-5-7-10;8-6-7-4-2-1-3-5-7;1-7-5-3-2-4-6-7;1-5-3-4-7(6(5)8)10-9-2/h3-7,17-18H,8-9H2,1-2H3;1-5H;2-6H,1H3;5,9-10H,3-4H2,1-2H3/t13-;;;/m0.../s1. The van der Waals surface area contributed by atoms with E-state index in [4.69, 9.17) is 5.26 Å². The lowest BCUT2D eigenvalue weighted by Crippen LogP contribution is -2.35. The fourth-order valence-electron chi connectivity index (χ4n) is 4.32. The van der Waals surface area contributed by atoms with Crippen LogP contribution >= 0.6 is 33.4 Å². The van der Waals surface area contributed by atoms with Crippen molar-refractivity contribution in [2.45, 2.75) is 33.6 Å². The molecule has 2 heterocycles. The molecule has 0 spiro atoms. The van der Waals surface area contributed by atoms with E-state index in [1.54, 1.807) is 31.2 Å². The molecule has 2 aliphatic heterocycles. The Morgan fingerprint density at radius 1 is 0.837 bits per heavy atom. The van der Waals surface area contributed by atoms with Gasteiger partial charge in [0.15, 0.2) is 5.78 Å². The van der Waals surface area contributed by atoms with E-state index in [0.717, 1.165) is 37.9 Å². The average Bonchev–Trinajstić information content (AvgIpc) is 3.52. The molecular formula is C33H43N3O3P4. The monoisotopic (exact) mass is 653 g/mol. The van der Waals surface area contributed by atoms with E-state index < -0.39 is 5.41 Å². The van der Waals surface area contributed by atoms with Crippen molar-refractivity contribution < 1.29 is 14.4 Å². The predicted molar refractivity (Wildman–Crippen MR) is 188 cm³/mol. The van der Waals surface area contributed by atoms with E-state index in [2.05, 4.69) is 32.4 Å². The highest BCUT2D eigenvalue weighted by molar-refractivity contribution is 8.10. The molecule has 3 aromatic carbocycles. The smallest absolute Gasteiger partial charge is 0.239 e. The van der Waals surface area contributed by atoms with Crippen molar-refractivity contribution in [2.75, 3.05) is 26.4 Å². The third-order valence-corrected chi connectivity index (χ3v) is 11.7. The maximum atomic E-state index is 12.5. The van der Waals surface area contributed by atoms with Gasteiger partial charge < -0.3 is 9.34 Å². The minimum absolute atomic E-state index is 0.00374. The van der Waals surface area contributed by atoms with Crippen molar-refractivity contribution >= 4 is 51.0 Å². The molecule has 2 amide bonds. The molecule has 2 aliphatic rings. The Morgan fingerprint density at radius 2 is 1.35 bits per heavy atom. The second-order valence-electron chi connectivity index (χ2n) is 10.3. The second-order valence-corrected chi connectivity index (χ2v) is 17.1. The number of ketones is 1. The minimum atomic E-state index is -0.853. The minimum Gasteiger partial charge on any atom is -0.321 e. The molecule has 6 atom stereocenters. The summed E-state index contributed by atoms with van der Waals surface area (Å²) in [5.41, 5.74) is 1.82. The Hall–Kier alpha value is -2.52. The summed E-state index contributed by atoms with van der Waals surface area (Å²) < 4.78 is 3.85. The van der Waals surface area contributed by atoms with E-state index >= 15 is 0 Å². The van der Waals surface area contributed by atoms with E-state index in [1.807, 2.05) is 76.9 Å². The molecule has 2 fully saturated rings. The van der Waals surface area contributed by atoms with Gasteiger partial charge in [-0.1, -0.05) is 108 Å². The average molecular weight is 654 g/mol. The molecule has 228 valence electrons. The van der Waals surface area contributed by atoms with Gasteiger partial charge in [0, 0.05) is 41.4 Å². The number of rotatable bonds is 6. The molecule has 43 heavy (non-hydrogen) atoms. The number of benzene rings is 3. The summed E-state index contributed by atoms with van der Waals surface area (Å²) in [7, 11) is 2.91. The topological polar surface area (TPSA) is 81.5 Å². The van der Waals surface area contributed by atoms with Crippen LogP contribution < -0.4 is 0 Å². The Labute approximate surface area is 264 Å². The lowest BCUT2D eigenvalue weighted by atomic mass is 9.81. The molecule has 2 saturated heterocycles. The highest BCUT2D eigenvalue weighted by Crippen LogP contribution is 2.46. The Morgan fingerprint density at radius 3 is 1.77 bits per heavy atom. The lowest BCUT2D eigenvalue weighted by Gasteiger charge is -2.21. The van der Waals surface area contributed by atoms with Crippen LogP contribution in [0.15, 0.2) is 91.0 Å². The normalized spacial score (nSPS) is 19.9. The van der Waals surface area contributed by atoms with Crippen molar-refractivity contribution in [1.29, 1.82) is 5.26 Å². The maximum Gasteiger partial charge on any atom is 0.239 e. The van der Waals surface area contributed by atoms with Gasteiger partial charge >= 0.3 is 0 Å². The van der Waals surface area contributed by atoms with Gasteiger partial charge in [-0.25, -0.2) is 0 Å². The molecule has 0 aliphatic carbocycles. The SMILES string of the molecule is CPPN1CCC(C)C1=O.CPPN1CC[C@@](C)(C(=O)c2ccccc2)C1=O.Cc1ccccc1.N#Cc1ccccc1. The van der Waals surface area contributed by atoms with Crippen molar-refractivity contribution in [3.8, 4) is 6.07 Å². The van der Waals surface area contributed by atoms with Gasteiger partial charge in [-0.3, -0.25) is 14.4 Å². The van der Waals surface area contributed by atoms with Crippen LogP contribution in [0.1, 0.15) is 48.2 Å². The van der Waals surface area contributed by atoms with Crippen molar-refractivity contribution in [3.63, 3.8) is 0 Å². The first-order valence-electron chi connectivity index (χ1n) is 14.2. The van der Waals surface area contributed by atoms with Crippen molar-refractivity contribution in [2.24, 2.45) is 11.3 Å². The quantitative estimate of drug-likeness (QED) is 0.153. The highest BCUT2D eigenvalue weighted by atomic mass is 32.0. The summed E-state index contributed by atoms with van der Waals surface area (Å²) in [6.07, 6.45) is 1.70. The van der Waals surface area contributed by atoms with Crippen LogP contribution in [0.2, 0.25) is 0 Å². The molecule has 0 radical (unpaired) electrons. The highest BCUT2D eigenvalue weighted by Gasteiger charge is 2.48. The van der Waals surface area contributed by atoms with Gasteiger partial charge in [0.2, 0.25) is 11.8 Å². The largest absolute Gasteiger partial charge is 0.321 e. The molecule has 0 saturated carbocycles. The zero-order valence-corrected chi connectivity index (χ0v) is 29.6. The molecule has 5 unspecified atom stereocenters. The van der Waals surface area contributed by atoms with Gasteiger partial charge in [0.1, 0.15) is 5.41 Å². The Kier molecular flexibility index (Phi) is 16.8. The zero-order chi connectivity index (χ0) is 31.7. The van der Waals surface area contributed by atoms with Crippen LogP contribution in [0.3, 0.4) is 0 Å². The third-order valence-electron chi connectivity index (χ3n) is 6.90. The number of amides is 2. The summed E-state index contributed by atoms with van der Waals surface area (Å²) in [4.78, 5) is 36.1. The molecule has 0 aromatic heterocycles. The summed E-state index contributed by atoms with van der Waals surface area (Å²) in [6.45, 7) is 11.8. The third kappa shape index (κ3) is 11.8. The van der Waals surface area contributed by atoms with Gasteiger partial charge in [0.25, 0.3) is 0 Å². The Balaban J connectivity index is 0.000000218. The zero-order valence-electron chi connectivity index (χ0n) is 25.6. The first-order valence-corrected chi connectivity index (χ1v) is 21.1. The molecule has 6 nitrogen and oxygen atoms in total. The molecule has 0 N–H and O–H groups in total. The number of hydrogen-bond acceptors (Lipinski definition) is 4. The Bertz CT molecular complexity index is 1320. The van der Waals surface area contributed by atoms with Gasteiger partial charge in [-0.05, 0) is 52.2 Å². The van der Waals surface area contributed by atoms with Gasteiger partial charge in [-0.2, -0.15) is 5.26 Å². The van der Waals surface area contributed by atoms with Crippen LogP contribution in [-0.2, 0) is 9.59 Å². The van der Waals surface area contributed by atoms with E-state index in [0.29, 0.717) is 44.3 Å².